The molecule has 0 aliphatic carbocycles. The molecule has 0 spiro atoms. The van der Waals surface area contributed by atoms with Crippen molar-refractivity contribution in [3.05, 3.63) is 51.4 Å². The number of nitrogens with zero attached hydrogens (tertiary/aromatic N) is 1. The molecular weight excluding hydrogens is 346 g/mol. The van der Waals surface area contributed by atoms with Crippen LogP contribution in [0.15, 0.2) is 24.3 Å². The van der Waals surface area contributed by atoms with Gasteiger partial charge in [0.25, 0.3) is 0 Å². The Morgan fingerprint density at radius 2 is 1.96 bits per heavy atom. The Hall–Kier alpha value is -2.36. The van der Waals surface area contributed by atoms with Gasteiger partial charge in [-0.3, -0.25) is 0 Å². The van der Waals surface area contributed by atoms with Crippen LogP contribution in [-0.4, -0.2) is 19.6 Å². The Morgan fingerprint density at radius 3 is 2.50 bits per heavy atom. The number of esters is 1. The SMILES string of the molecule is CCOC(=O)c1sc(N)c(C#N)c1C[NH+](C)Cc1ccc(C(C)C)cc1. The molecule has 5 nitrogen and oxygen atoms in total. The molecule has 1 aromatic carbocycles. The highest BCUT2D eigenvalue weighted by molar-refractivity contribution is 7.18. The maximum Gasteiger partial charge on any atom is 0.348 e. The molecule has 0 amide bonds. The Bertz CT molecular complexity index is 804. The van der Waals surface area contributed by atoms with Gasteiger partial charge in [0.1, 0.15) is 29.0 Å². The van der Waals surface area contributed by atoms with Gasteiger partial charge in [-0.05, 0) is 18.4 Å². The molecule has 0 saturated carbocycles. The number of rotatable bonds is 7. The molecule has 0 bridgehead atoms. The highest BCUT2D eigenvalue weighted by atomic mass is 32.1. The Morgan fingerprint density at radius 1 is 1.31 bits per heavy atom. The predicted octanol–water partition coefficient (Wildman–Crippen LogP) is 2.72. The molecule has 2 rings (SSSR count). The summed E-state index contributed by atoms with van der Waals surface area (Å²) < 4.78 is 5.11. The average molecular weight is 373 g/mol. The van der Waals surface area contributed by atoms with Crippen molar-refractivity contribution in [1.82, 2.24) is 0 Å². The summed E-state index contributed by atoms with van der Waals surface area (Å²) in [6.45, 7) is 7.74. The van der Waals surface area contributed by atoms with Crippen molar-refractivity contribution in [2.24, 2.45) is 0 Å². The predicted molar refractivity (Wildman–Crippen MR) is 104 cm³/mol. The van der Waals surface area contributed by atoms with E-state index in [1.54, 1.807) is 6.92 Å². The van der Waals surface area contributed by atoms with E-state index in [9.17, 15) is 10.1 Å². The van der Waals surface area contributed by atoms with E-state index in [0.717, 1.165) is 17.9 Å². The minimum Gasteiger partial charge on any atom is -0.462 e. The molecule has 6 heteroatoms. The van der Waals surface area contributed by atoms with Crippen LogP contribution in [0.4, 0.5) is 5.00 Å². The molecule has 0 saturated heterocycles. The molecule has 2 aromatic rings. The number of ether oxygens (including phenoxy) is 1. The van der Waals surface area contributed by atoms with Gasteiger partial charge in [-0.1, -0.05) is 38.1 Å². The lowest BCUT2D eigenvalue weighted by atomic mass is 10.0. The maximum atomic E-state index is 12.2. The van der Waals surface area contributed by atoms with Crippen molar-refractivity contribution in [2.45, 2.75) is 39.8 Å². The average Bonchev–Trinajstić information content (AvgIpc) is 2.91. The number of benzene rings is 1. The van der Waals surface area contributed by atoms with E-state index in [1.165, 1.54) is 16.0 Å². The van der Waals surface area contributed by atoms with Crippen molar-refractivity contribution in [1.29, 1.82) is 5.26 Å². The molecule has 1 unspecified atom stereocenters. The molecule has 26 heavy (non-hydrogen) atoms. The van der Waals surface area contributed by atoms with Crippen LogP contribution in [0, 0.1) is 11.3 Å². The van der Waals surface area contributed by atoms with Crippen molar-refractivity contribution in [2.75, 3.05) is 19.4 Å². The largest absolute Gasteiger partial charge is 0.462 e. The third-order valence-corrected chi connectivity index (χ3v) is 5.28. The minimum absolute atomic E-state index is 0.295. The van der Waals surface area contributed by atoms with Crippen LogP contribution >= 0.6 is 11.3 Å². The summed E-state index contributed by atoms with van der Waals surface area (Å²) in [4.78, 5) is 13.8. The fraction of sp³-hybridized carbons (Fsp3) is 0.400. The van der Waals surface area contributed by atoms with Gasteiger partial charge in [0.15, 0.2) is 0 Å². The lowest BCUT2D eigenvalue weighted by Gasteiger charge is -2.15. The minimum atomic E-state index is -0.408. The van der Waals surface area contributed by atoms with Gasteiger partial charge >= 0.3 is 5.97 Å². The first kappa shape index (κ1) is 20.0. The lowest BCUT2D eigenvalue weighted by Crippen LogP contribution is -3.06. The van der Waals surface area contributed by atoms with E-state index in [4.69, 9.17) is 10.5 Å². The Balaban J connectivity index is 2.18. The van der Waals surface area contributed by atoms with E-state index in [2.05, 4.69) is 44.2 Å². The van der Waals surface area contributed by atoms with Crippen LogP contribution in [0.5, 0.6) is 0 Å². The summed E-state index contributed by atoms with van der Waals surface area (Å²) in [5.41, 5.74) is 9.55. The second kappa shape index (κ2) is 8.84. The number of hydrogen-bond donors (Lipinski definition) is 2. The van der Waals surface area contributed by atoms with Crippen LogP contribution in [0.25, 0.3) is 0 Å². The van der Waals surface area contributed by atoms with E-state index in [1.807, 2.05) is 7.05 Å². The summed E-state index contributed by atoms with van der Waals surface area (Å²) in [7, 11) is 2.04. The topological polar surface area (TPSA) is 80.5 Å². The number of nitrogen functional groups attached to an aromatic ring is 1. The molecule has 1 aromatic heterocycles. The highest BCUT2D eigenvalue weighted by Gasteiger charge is 2.25. The molecule has 3 N–H and O–H groups in total. The second-order valence-electron chi connectivity index (χ2n) is 6.69. The number of thiophene rings is 1. The summed E-state index contributed by atoms with van der Waals surface area (Å²) >= 11 is 1.13. The summed E-state index contributed by atoms with van der Waals surface area (Å²) in [6.07, 6.45) is 0. The summed E-state index contributed by atoms with van der Waals surface area (Å²) in [5.74, 6) is 0.100. The van der Waals surface area contributed by atoms with Gasteiger partial charge in [0.2, 0.25) is 0 Å². The van der Waals surface area contributed by atoms with Gasteiger partial charge in [-0.2, -0.15) is 5.26 Å². The third kappa shape index (κ3) is 4.63. The Kier molecular flexibility index (Phi) is 6.78. The Labute approximate surface area is 159 Å². The van der Waals surface area contributed by atoms with Gasteiger partial charge in [0.05, 0.1) is 24.8 Å². The molecule has 0 fully saturated rings. The standard InChI is InChI=1S/C20H25N3O2S/c1-5-25-20(24)18-17(16(10-21)19(22)26-18)12-23(4)11-14-6-8-15(9-7-14)13(2)3/h6-9,13H,5,11-12,22H2,1-4H3/p+1. The first-order valence-electron chi connectivity index (χ1n) is 8.75. The number of carbonyl (C=O) groups excluding carboxylic acids is 1. The molecule has 0 radical (unpaired) electrons. The van der Waals surface area contributed by atoms with Crippen molar-refractivity contribution < 1.29 is 14.4 Å². The quantitative estimate of drug-likeness (QED) is 0.732. The number of nitrogens with two attached hydrogens (primary N) is 1. The zero-order valence-corrected chi connectivity index (χ0v) is 16.6. The van der Waals surface area contributed by atoms with Crippen LogP contribution in [0.1, 0.15) is 58.6 Å². The van der Waals surface area contributed by atoms with Gasteiger partial charge in [0, 0.05) is 5.56 Å². The maximum absolute atomic E-state index is 12.2. The van der Waals surface area contributed by atoms with Crippen molar-refractivity contribution in [3.8, 4) is 6.07 Å². The van der Waals surface area contributed by atoms with Crippen LogP contribution < -0.4 is 10.6 Å². The first-order valence-corrected chi connectivity index (χ1v) is 9.57. The summed E-state index contributed by atoms with van der Waals surface area (Å²) in [6, 6.07) is 10.7. The second-order valence-corrected chi connectivity index (χ2v) is 7.74. The molecule has 1 heterocycles. The van der Waals surface area contributed by atoms with E-state index in [0.29, 0.717) is 40.1 Å². The molecule has 0 aliphatic rings. The molecular formula is C20H26N3O2S+. The van der Waals surface area contributed by atoms with Crippen LogP contribution in [0.2, 0.25) is 0 Å². The number of quaternary nitrogens is 1. The summed E-state index contributed by atoms with van der Waals surface area (Å²) in [5, 5.41) is 9.80. The van der Waals surface area contributed by atoms with Gasteiger partial charge < -0.3 is 15.4 Å². The lowest BCUT2D eigenvalue weighted by molar-refractivity contribution is -0.907. The normalized spacial score (nSPS) is 12.0. The fourth-order valence-electron chi connectivity index (χ4n) is 2.87. The van der Waals surface area contributed by atoms with E-state index >= 15 is 0 Å². The monoisotopic (exact) mass is 372 g/mol. The zero-order valence-electron chi connectivity index (χ0n) is 15.8. The van der Waals surface area contributed by atoms with Crippen LogP contribution in [0.3, 0.4) is 0 Å². The number of anilines is 1. The van der Waals surface area contributed by atoms with Crippen LogP contribution in [-0.2, 0) is 17.8 Å². The number of nitrogens with one attached hydrogen (secondary N) is 1. The van der Waals surface area contributed by atoms with Crippen molar-refractivity contribution >= 4 is 22.3 Å². The third-order valence-electron chi connectivity index (χ3n) is 4.24. The zero-order chi connectivity index (χ0) is 19.3. The molecule has 0 aliphatic heterocycles. The van der Waals surface area contributed by atoms with E-state index < -0.39 is 5.97 Å². The number of carbonyl (C=O) groups is 1. The highest BCUT2D eigenvalue weighted by Crippen LogP contribution is 2.30. The van der Waals surface area contributed by atoms with E-state index in [-0.39, 0.29) is 0 Å². The van der Waals surface area contributed by atoms with Crippen molar-refractivity contribution in [3.63, 3.8) is 0 Å². The number of nitriles is 1. The fourth-order valence-corrected chi connectivity index (χ4v) is 3.80. The molecule has 138 valence electrons. The van der Waals surface area contributed by atoms with Gasteiger partial charge in [-0.15, -0.1) is 11.3 Å². The molecule has 1 atom stereocenters. The number of hydrogen-bond acceptors (Lipinski definition) is 5. The smallest absolute Gasteiger partial charge is 0.348 e. The first-order chi connectivity index (χ1) is 12.4. The van der Waals surface area contributed by atoms with Gasteiger partial charge in [-0.25, -0.2) is 4.79 Å².